The SMILES string of the molecule is CCC(OC)c1cccc(-c2ccccc2)c1. The van der Waals surface area contributed by atoms with Crippen LogP contribution in [0.25, 0.3) is 11.1 Å². The Labute approximate surface area is 103 Å². The number of methoxy groups -OCH3 is 1. The molecule has 17 heavy (non-hydrogen) atoms. The highest BCUT2D eigenvalue weighted by molar-refractivity contribution is 5.64. The molecular formula is C16H18O. The first-order valence-corrected chi connectivity index (χ1v) is 6.03. The zero-order valence-corrected chi connectivity index (χ0v) is 10.4. The van der Waals surface area contributed by atoms with E-state index in [4.69, 9.17) is 4.74 Å². The molecule has 0 radical (unpaired) electrons. The molecule has 0 N–H and O–H groups in total. The van der Waals surface area contributed by atoms with Crippen LogP contribution in [-0.4, -0.2) is 7.11 Å². The van der Waals surface area contributed by atoms with Crippen molar-refractivity contribution in [1.82, 2.24) is 0 Å². The summed E-state index contributed by atoms with van der Waals surface area (Å²) in [6.07, 6.45) is 1.19. The Morgan fingerprint density at radius 3 is 2.29 bits per heavy atom. The molecule has 0 spiro atoms. The van der Waals surface area contributed by atoms with Gasteiger partial charge in [-0.15, -0.1) is 0 Å². The molecule has 0 aromatic heterocycles. The molecule has 0 aliphatic carbocycles. The maximum absolute atomic E-state index is 5.48. The Hall–Kier alpha value is -1.60. The molecule has 0 bridgehead atoms. The Bertz CT molecular complexity index is 458. The van der Waals surface area contributed by atoms with Gasteiger partial charge in [0.05, 0.1) is 6.10 Å². The highest BCUT2D eigenvalue weighted by Crippen LogP contribution is 2.25. The van der Waals surface area contributed by atoms with Gasteiger partial charge in [-0.2, -0.15) is 0 Å². The van der Waals surface area contributed by atoms with Gasteiger partial charge in [-0.1, -0.05) is 55.5 Å². The van der Waals surface area contributed by atoms with Crippen molar-refractivity contribution in [3.05, 3.63) is 60.2 Å². The number of benzene rings is 2. The summed E-state index contributed by atoms with van der Waals surface area (Å²) in [6, 6.07) is 19.0. The molecule has 1 nitrogen and oxygen atoms in total. The maximum Gasteiger partial charge on any atom is 0.0818 e. The second-order valence-electron chi connectivity index (χ2n) is 4.12. The van der Waals surface area contributed by atoms with Gasteiger partial charge in [-0.05, 0) is 29.2 Å². The quantitative estimate of drug-likeness (QED) is 0.748. The van der Waals surface area contributed by atoms with Gasteiger partial charge in [-0.25, -0.2) is 0 Å². The highest BCUT2D eigenvalue weighted by atomic mass is 16.5. The number of rotatable bonds is 4. The van der Waals surface area contributed by atoms with Crippen LogP contribution in [0.5, 0.6) is 0 Å². The molecular weight excluding hydrogens is 208 g/mol. The Morgan fingerprint density at radius 2 is 1.65 bits per heavy atom. The van der Waals surface area contributed by atoms with Crippen LogP contribution in [0.1, 0.15) is 25.0 Å². The molecule has 0 saturated carbocycles. The van der Waals surface area contributed by atoms with Crippen LogP contribution >= 0.6 is 0 Å². The van der Waals surface area contributed by atoms with Gasteiger partial charge < -0.3 is 4.74 Å². The summed E-state index contributed by atoms with van der Waals surface area (Å²) in [5.41, 5.74) is 3.75. The summed E-state index contributed by atoms with van der Waals surface area (Å²) in [5, 5.41) is 0. The average Bonchev–Trinajstić information content (AvgIpc) is 2.42. The van der Waals surface area contributed by atoms with Gasteiger partial charge in [0.25, 0.3) is 0 Å². The fourth-order valence-corrected chi connectivity index (χ4v) is 2.09. The number of ether oxygens (including phenoxy) is 1. The molecule has 1 heteroatoms. The smallest absolute Gasteiger partial charge is 0.0818 e. The lowest BCUT2D eigenvalue weighted by atomic mass is 10.00. The lowest BCUT2D eigenvalue weighted by Crippen LogP contribution is -1.99. The molecule has 0 aliphatic heterocycles. The molecule has 2 aromatic carbocycles. The predicted molar refractivity (Wildman–Crippen MR) is 71.9 cm³/mol. The van der Waals surface area contributed by atoms with E-state index < -0.39 is 0 Å². The van der Waals surface area contributed by atoms with Crippen LogP contribution < -0.4 is 0 Å². The van der Waals surface area contributed by atoms with Crippen molar-refractivity contribution in [2.45, 2.75) is 19.4 Å². The van der Waals surface area contributed by atoms with Crippen LogP contribution in [0, 0.1) is 0 Å². The van der Waals surface area contributed by atoms with Crippen molar-refractivity contribution in [2.75, 3.05) is 7.11 Å². The Kier molecular flexibility index (Phi) is 3.94. The molecule has 0 saturated heterocycles. The van der Waals surface area contributed by atoms with Gasteiger partial charge in [0.15, 0.2) is 0 Å². The molecule has 2 aromatic rings. The van der Waals surface area contributed by atoms with E-state index in [1.807, 2.05) is 6.07 Å². The summed E-state index contributed by atoms with van der Waals surface area (Å²) >= 11 is 0. The molecule has 1 atom stereocenters. The van der Waals surface area contributed by atoms with E-state index >= 15 is 0 Å². The fraction of sp³-hybridized carbons (Fsp3) is 0.250. The van der Waals surface area contributed by atoms with Crippen molar-refractivity contribution in [1.29, 1.82) is 0 Å². The minimum absolute atomic E-state index is 0.193. The van der Waals surface area contributed by atoms with Gasteiger partial charge in [0, 0.05) is 7.11 Å². The summed E-state index contributed by atoms with van der Waals surface area (Å²) in [5.74, 6) is 0. The minimum atomic E-state index is 0.193. The lowest BCUT2D eigenvalue weighted by molar-refractivity contribution is 0.100. The van der Waals surface area contributed by atoms with Crippen LogP contribution in [0.3, 0.4) is 0 Å². The Balaban J connectivity index is 2.35. The molecule has 0 heterocycles. The van der Waals surface area contributed by atoms with E-state index in [0.29, 0.717) is 0 Å². The van der Waals surface area contributed by atoms with Crippen molar-refractivity contribution in [2.24, 2.45) is 0 Å². The second-order valence-corrected chi connectivity index (χ2v) is 4.12. The molecule has 2 rings (SSSR count). The van der Waals surface area contributed by atoms with Gasteiger partial charge in [0.2, 0.25) is 0 Å². The number of hydrogen-bond acceptors (Lipinski definition) is 1. The average molecular weight is 226 g/mol. The molecule has 0 amide bonds. The van der Waals surface area contributed by atoms with Crippen molar-refractivity contribution >= 4 is 0 Å². The summed E-state index contributed by atoms with van der Waals surface area (Å²) in [4.78, 5) is 0. The van der Waals surface area contributed by atoms with E-state index in [1.54, 1.807) is 7.11 Å². The van der Waals surface area contributed by atoms with E-state index in [-0.39, 0.29) is 6.10 Å². The third kappa shape index (κ3) is 2.75. The van der Waals surface area contributed by atoms with Crippen LogP contribution in [0.4, 0.5) is 0 Å². The van der Waals surface area contributed by atoms with Gasteiger partial charge in [-0.3, -0.25) is 0 Å². The van der Waals surface area contributed by atoms with Crippen LogP contribution in [-0.2, 0) is 4.74 Å². The van der Waals surface area contributed by atoms with Crippen LogP contribution in [0.15, 0.2) is 54.6 Å². The number of hydrogen-bond donors (Lipinski definition) is 0. The van der Waals surface area contributed by atoms with E-state index in [1.165, 1.54) is 16.7 Å². The fourth-order valence-electron chi connectivity index (χ4n) is 2.09. The summed E-state index contributed by atoms with van der Waals surface area (Å²) in [7, 11) is 1.77. The lowest BCUT2D eigenvalue weighted by Gasteiger charge is -2.14. The first kappa shape index (κ1) is 11.9. The molecule has 1 unspecified atom stereocenters. The van der Waals surface area contributed by atoms with E-state index in [2.05, 4.69) is 55.5 Å². The monoisotopic (exact) mass is 226 g/mol. The van der Waals surface area contributed by atoms with E-state index in [0.717, 1.165) is 6.42 Å². The van der Waals surface area contributed by atoms with Crippen molar-refractivity contribution < 1.29 is 4.74 Å². The van der Waals surface area contributed by atoms with Crippen LogP contribution in [0.2, 0.25) is 0 Å². The zero-order valence-electron chi connectivity index (χ0n) is 10.4. The first-order valence-electron chi connectivity index (χ1n) is 6.03. The topological polar surface area (TPSA) is 9.23 Å². The Morgan fingerprint density at radius 1 is 0.941 bits per heavy atom. The summed E-state index contributed by atoms with van der Waals surface area (Å²) < 4.78 is 5.48. The van der Waals surface area contributed by atoms with E-state index in [9.17, 15) is 0 Å². The van der Waals surface area contributed by atoms with Gasteiger partial charge in [0.1, 0.15) is 0 Å². The predicted octanol–water partition coefficient (Wildman–Crippen LogP) is 4.45. The maximum atomic E-state index is 5.48. The minimum Gasteiger partial charge on any atom is -0.377 e. The summed E-state index contributed by atoms with van der Waals surface area (Å²) in [6.45, 7) is 2.14. The van der Waals surface area contributed by atoms with Gasteiger partial charge >= 0.3 is 0 Å². The highest BCUT2D eigenvalue weighted by Gasteiger charge is 2.08. The third-order valence-electron chi connectivity index (χ3n) is 3.02. The van der Waals surface area contributed by atoms with Crippen molar-refractivity contribution in [3.8, 4) is 11.1 Å². The molecule has 0 fully saturated rings. The second kappa shape index (κ2) is 5.65. The zero-order chi connectivity index (χ0) is 12.1. The standard InChI is InChI=1S/C16H18O/c1-3-16(17-2)15-11-7-10-14(12-15)13-8-5-4-6-9-13/h4-12,16H,3H2,1-2H3. The third-order valence-corrected chi connectivity index (χ3v) is 3.02. The van der Waals surface area contributed by atoms with Crippen molar-refractivity contribution in [3.63, 3.8) is 0 Å². The largest absolute Gasteiger partial charge is 0.377 e. The first-order chi connectivity index (χ1) is 8.35. The normalized spacial score (nSPS) is 12.4. The molecule has 0 aliphatic rings. The molecule has 88 valence electrons.